The molecule has 0 radical (unpaired) electrons. The number of aromatic nitrogens is 1. The molecule has 0 aliphatic carbocycles. The molecule has 2 heterocycles. The van der Waals surface area contributed by atoms with Crippen LogP contribution in [0.4, 0.5) is 0 Å². The molecule has 1 aromatic heterocycles. The van der Waals surface area contributed by atoms with Crippen molar-refractivity contribution in [2.75, 3.05) is 0 Å². The predicted octanol–water partition coefficient (Wildman–Crippen LogP) is 4.41. The van der Waals surface area contributed by atoms with Crippen LogP contribution in [0.1, 0.15) is 17.0 Å². The number of benzene rings is 3. The molecule has 5 heteroatoms. The molecule has 144 valence electrons. The van der Waals surface area contributed by atoms with Gasteiger partial charge in [-0.1, -0.05) is 66.7 Å². The number of rotatable bonds is 2. The molecular formula is C25H17N3O2. The van der Waals surface area contributed by atoms with Gasteiger partial charge in [0.15, 0.2) is 0 Å². The smallest absolute Gasteiger partial charge is 0.256 e. The van der Waals surface area contributed by atoms with Gasteiger partial charge in [0.25, 0.3) is 5.56 Å². The van der Waals surface area contributed by atoms with Gasteiger partial charge in [-0.05, 0) is 28.8 Å². The zero-order valence-corrected chi connectivity index (χ0v) is 15.9. The van der Waals surface area contributed by atoms with E-state index in [4.69, 9.17) is 10.5 Å². The van der Waals surface area contributed by atoms with Gasteiger partial charge in [0.2, 0.25) is 5.88 Å². The molecule has 1 aliphatic heterocycles. The van der Waals surface area contributed by atoms with Crippen molar-refractivity contribution in [3.05, 3.63) is 112 Å². The second-order valence-electron chi connectivity index (χ2n) is 7.16. The average Bonchev–Trinajstić information content (AvgIpc) is 2.79. The van der Waals surface area contributed by atoms with Gasteiger partial charge >= 0.3 is 0 Å². The number of pyridine rings is 1. The molecule has 0 bridgehead atoms. The van der Waals surface area contributed by atoms with E-state index < -0.39 is 5.92 Å². The van der Waals surface area contributed by atoms with Crippen molar-refractivity contribution in [3.63, 3.8) is 0 Å². The number of nitrogens with zero attached hydrogens (tertiary/aromatic N) is 1. The van der Waals surface area contributed by atoms with Gasteiger partial charge in [-0.3, -0.25) is 4.79 Å². The first kappa shape index (κ1) is 17.8. The lowest BCUT2D eigenvalue weighted by Crippen LogP contribution is -2.27. The van der Waals surface area contributed by atoms with Crippen molar-refractivity contribution in [1.29, 1.82) is 5.26 Å². The van der Waals surface area contributed by atoms with E-state index in [9.17, 15) is 10.1 Å². The fourth-order valence-corrected chi connectivity index (χ4v) is 4.00. The maximum Gasteiger partial charge on any atom is 0.256 e. The maximum atomic E-state index is 13.0. The number of hydrogen-bond donors (Lipinski definition) is 2. The molecule has 0 spiro atoms. The standard InChI is InChI=1S/C25H17N3O2/c26-14-19-21(17-12-10-16(11-13-17)15-6-2-1-3-7-15)22-23(30-24(19)27)18-8-4-5-9-20(18)28-25(22)29/h1-13,21H,27H2,(H,28,29)/t21-/m0/s1. The Balaban J connectivity index is 1.71. The van der Waals surface area contributed by atoms with Crippen molar-refractivity contribution in [2.24, 2.45) is 5.73 Å². The van der Waals surface area contributed by atoms with Gasteiger partial charge in [0.05, 0.1) is 17.0 Å². The summed E-state index contributed by atoms with van der Waals surface area (Å²) in [7, 11) is 0. The second kappa shape index (κ2) is 6.94. The van der Waals surface area contributed by atoms with E-state index in [-0.39, 0.29) is 17.0 Å². The van der Waals surface area contributed by atoms with Crippen LogP contribution in [0.3, 0.4) is 0 Å². The molecule has 0 saturated heterocycles. The zero-order valence-electron chi connectivity index (χ0n) is 15.9. The summed E-state index contributed by atoms with van der Waals surface area (Å²) in [5.41, 5.74) is 10.1. The fourth-order valence-electron chi connectivity index (χ4n) is 4.00. The number of nitrogens with two attached hydrogens (primary N) is 1. The SMILES string of the molecule is N#CC1=C(N)Oc2c(c(=O)[nH]c3ccccc23)[C@H]1c1ccc(-c2ccccc2)cc1. The van der Waals surface area contributed by atoms with Gasteiger partial charge in [0, 0.05) is 5.39 Å². The number of hydrogen-bond acceptors (Lipinski definition) is 4. The highest BCUT2D eigenvalue weighted by atomic mass is 16.5. The molecule has 3 N–H and O–H groups in total. The third kappa shape index (κ3) is 2.75. The molecule has 0 saturated carbocycles. The topological polar surface area (TPSA) is 91.9 Å². The molecule has 0 amide bonds. The van der Waals surface area contributed by atoms with Crippen LogP contribution in [-0.4, -0.2) is 4.98 Å². The number of fused-ring (bicyclic) bond motifs is 3. The largest absolute Gasteiger partial charge is 0.439 e. The monoisotopic (exact) mass is 391 g/mol. The minimum atomic E-state index is -0.600. The van der Waals surface area contributed by atoms with Crippen LogP contribution in [0.2, 0.25) is 0 Å². The van der Waals surface area contributed by atoms with E-state index in [0.29, 0.717) is 16.8 Å². The van der Waals surface area contributed by atoms with Gasteiger partial charge in [-0.25, -0.2) is 0 Å². The van der Waals surface area contributed by atoms with Crippen molar-refractivity contribution < 1.29 is 4.74 Å². The summed E-state index contributed by atoms with van der Waals surface area (Å²) in [6, 6.07) is 27.4. The number of nitriles is 1. The first-order chi connectivity index (χ1) is 14.7. The van der Waals surface area contributed by atoms with E-state index in [2.05, 4.69) is 11.1 Å². The van der Waals surface area contributed by atoms with E-state index in [1.165, 1.54) is 0 Å². The molecule has 1 atom stereocenters. The van der Waals surface area contributed by atoms with Gasteiger partial charge in [0.1, 0.15) is 17.4 Å². The molecule has 5 nitrogen and oxygen atoms in total. The Bertz CT molecular complexity index is 1390. The third-order valence-corrected chi connectivity index (χ3v) is 5.44. The second-order valence-corrected chi connectivity index (χ2v) is 7.16. The highest BCUT2D eigenvalue weighted by molar-refractivity contribution is 5.87. The first-order valence-corrected chi connectivity index (χ1v) is 9.55. The van der Waals surface area contributed by atoms with Crippen LogP contribution in [0.5, 0.6) is 5.75 Å². The van der Waals surface area contributed by atoms with E-state index in [0.717, 1.165) is 22.1 Å². The predicted molar refractivity (Wildman–Crippen MR) is 116 cm³/mol. The summed E-state index contributed by atoms with van der Waals surface area (Å²) < 4.78 is 5.79. The molecule has 0 unspecified atom stereocenters. The maximum absolute atomic E-state index is 13.0. The van der Waals surface area contributed by atoms with Gasteiger partial charge in [-0.15, -0.1) is 0 Å². The zero-order chi connectivity index (χ0) is 20.7. The van der Waals surface area contributed by atoms with E-state index in [1.54, 1.807) is 0 Å². The quantitative estimate of drug-likeness (QED) is 0.529. The van der Waals surface area contributed by atoms with Crippen LogP contribution in [-0.2, 0) is 0 Å². The molecule has 1 aliphatic rings. The highest BCUT2D eigenvalue weighted by Gasteiger charge is 2.34. The summed E-state index contributed by atoms with van der Waals surface area (Å²) in [4.78, 5) is 15.9. The summed E-state index contributed by atoms with van der Waals surface area (Å²) in [6.45, 7) is 0. The van der Waals surface area contributed by atoms with Crippen LogP contribution < -0.4 is 16.0 Å². The van der Waals surface area contributed by atoms with Crippen molar-refractivity contribution in [2.45, 2.75) is 5.92 Å². The van der Waals surface area contributed by atoms with Crippen LogP contribution in [0.25, 0.3) is 22.0 Å². The Morgan fingerprint density at radius 1 is 0.900 bits per heavy atom. The third-order valence-electron chi connectivity index (χ3n) is 5.44. The van der Waals surface area contributed by atoms with E-state index >= 15 is 0 Å². The Morgan fingerprint density at radius 3 is 2.30 bits per heavy atom. The number of allylic oxidation sites excluding steroid dienone is 1. The molecule has 0 fully saturated rings. The fraction of sp³-hybridized carbons (Fsp3) is 0.0400. The van der Waals surface area contributed by atoms with Crippen molar-refractivity contribution in [3.8, 4) is 22.9 Å². The minimum absolute atomic E-state index is 0.0258. The van der Waals surface area contributed by atoms with Crippen molar-refractivity contribution in [1.82, 2.24) is 4.98 Å². The summed E-state index contributed by atoms with van der Waals surface area (Å²) in [6.07, 6.45) is 0. The number of nitrogens with one attached hydrogen (secondary N) is 1. The molecular weight excluding hydrogens is 374 g/mol. The molecule has 30 heavy (non-hydrogen) atoms. The number of ether oxygens (including phenoxy) is 1. The lowest BCUT2D eigenvalue weighted by molar-refractivity contribution is 0.397. The van der Waals surface area contributed by atoms with Crippen molar-refractivity contribution >= 4 is 10.9 Å². The Morgan fingerprint density at radius 2 is 1.57 bits per heavy atom. The highest BCUT2D eigenvalue weighted by Crippen LogP contribution is 2.43. The van der Waals surface area contributed by atoms with Crippen LogP contribution >= 0.6 is 0 Å². The number of aromatic amines is 1. The van der Waals surface area contributed by atoms with Gasteiger partial charge < -0.3 is 15.5 Å². The summed E-state index contributed by atoms with van der Waals surface area (Å²) in [5, 5.41) is 10.5. The lowest BCUT2D eigenvalue weighted by atomic mass is 9.83. The van der Waals surface area contributed by atoms with Crippen LogP contribution in [0, 0.1) is 11.3 Å². The summed E-state index contributed by atoms with van der Waals surface area (Å²) >= 11 is 0. The molecule has 4 aromatic rings. The van der Waals surface area contributed by atoms with Crippen LogP contribution in [0.15, 0.2) is 95.1 Å². The number of para-hydroxylation sites is 1. The lowest BCUT2D eigenvalue weighted by Gasteiger charge is -2.26. The molecule has 5 rings (SSSR count). The molecule has 3 aromatic carbocycles. The average molecular weight is 391 g/mol. The first-order valence-electron chi connectivity index (χ1n) is 9.55. The normalized spacial score (nSPS) is 15.4. The minimum Gasteiger partial charge on any atom is -0.439 e. The summed E-state index contributed by atoms with van der Waals surface area (Å²) in [5.74, 6) is -0.169. The number of H-pyrrole nitrogens is 1. The van der Waals surface area contributed by atoms with E-state index in [1.807, 2.05) is 78.9 Å². The Hall–Kier alpha value is -4.30. The Labute approximate surface area is 172 Å². The Kier molecular flexibility index (Phi) is 4.11. The van der Waals surface area contributed by atoms with Gasteiger partial charge in [-0.2, -0.15) is 5.26 Å².